The van der Waals surface area contributed by atoms with Gasteiger partial charge in [-0.05, 0) is 44.3 Å². The number of rotatable bonds is 6. The Kier molecular flexibility index (Phi) is 6.73. The molecule has 0 radical (unpaired) electrons. The fraction of sp³-hybridized carbons (Fsp3) is 0.941. The van der Waals surface area contributed by atoms with E-state index in [1.807, 2.05) is 0 Å². The first kappa shape index (κ1) is 19.4. The van der Waals surface area contributed by atoms with Crippen LogP contribution in [0, 0.1) is 16.2 Å². The number of carbonyl (C=O) groups excluding carboxylic acids is 1. The maximum Gasteiger partial charge on any atom is 0.226 e. The van der Waals surface area contributed by atoms with E-state index in [4.69, 9.17) is 0 Å². The second-order valence-electron chi connectivity index (χ2n) is 8.73. The minimum Gasteiger partial charge on any atom is -0.356 e. The number of amides is 1. The van der Waals surface area contributed by atoms with Gasteiger partial charge in [-0.15, -0.1) is 0 Å². The van der Waals surface area contributed by atoms with Crippen LogP contribution in [0.15, 0.2) is 0 Å². The molecule has 0 aromatic carbocycles. The quantitative estimate of drug-likeness (QED) is 0.757. The van der Waals surface area contributed by atoms with E-state index in [-0.39, 0.29) is 22.2 Å². The highest BCUT2D eigenvalue weighted by atomic mass is 16.2. The molecule has 1 unspecified atom stereocenters. The molecule has 0 aliphatic heterocycles. The van der Waals surface area contributed by atoms with E-state index in [1.54, 1.807) is 0 Å². The van der Waals surface area contributed by atoms with Gasteiger partial charge in [-0.25, -0.2) is 0 Å². The maximum absolute atomic E-state index is 12.7. The fourth-order valence-corrected chi connectivity index (χ4v) is 2.54. The summed E-state index contributed by atoms with van der Waals surface area (Å²) in [7, 11) is 4.11. The molecule has 20 heavy (non-hydrogen) atoms. The number of nitrogens with one attached hydrogen (secondary N) is 1. The Balaban J connectivity index is 4.76. The zero-order valence-corrected chi connectivity index (χ0v) is 15.2. The minimum absolute atomic E-state index is 0.0497. The Labute approximate surface area is 126 Å². The molecule has 1 amide bonds. The molecule has 0 aliphatic carbocycles. The third-order valence-electron chi connectivity index (χ3n) is 4.11. The largest absolute Gasteiger partial charge is 0.356 e. The first-order chi connectivity index (χ1) is 8.79. The van der Waals surface area contributed by atoms with Crippen LogP contribution in [-0.2, 0) is 4.79 Å². The van der Waals surface area contributed by atoms with Gasteiger partial charge in [-0.1, -0.05) is 48.5 Å². The molecule has 1 atom stereocenters. The smallest absolute Gasteiger partial charge is 0.226 e. The molecule has 3 nitrogen and oxygen atoms in total. The second kappa shape index (κ2) is 6.93. The van der Waals surface area contributed by atoms with E-state index >= 15 is 0 Å². The van der Waals surface area contributed by atoms with Crippen LogP contribution in [0.25, 0.3) is 0 Å². The average Bonchev–Trinajstić information content (AvgIpc) is 2.19. The van der Waals surface area contributed by atoms with E-state index in [1.165, 1.54) is 0 Å². The lowest BCUT2D eigenvalue weighted by Crippen LogP contribution is -2.49. The van der Waals surface area contributed by atoms with Crippen molar-refractivity contribution in [2.45, 2.75) is 61.3 Å². The summed E-state index contributed by atoms with van der Waals surface area (Å²) in [5, 5.41) is 3.14. The van der Waals surface area contributed by atoms with Crippen molar-refractivity contribution in [1.82, 2.24) is 10.2 Å². The van der Waals surface area contributed by atoms with Gasteiger partial charge in [0.15, 0.2) is 0 Å². The number of hydrogen-bond donors (Lipinski definition) is 1. The van der Waals surface area contributed by atoms with Gasteiger partial charge in [0.1, 0.15) is 0 Å². The first-order valence-corrected chi connectivity index (χ1v) is 7.73. The van der Waals surface area contributed by atoms with Gasteiger partial charge in [0.2, 0.25) is 5.91 Å². The monoisotopic (exact) mass is 284 g/mol. The Morgan fingerprint density at radius 2 is 1.50 bits per heavy atom. The van der Waals surface area contributed by atoms with Crippen LogP contribution in [0.2, 0.25) is 0 Å². The third-order valence-corrected chi connectivity index (χ3v) is 4.11. The van der Waals surface area contributed by atoms with Gasteiger partial charge in [0, 0.05) is 6.54 Å². The highest BCUT2D eigenvalue weighted by Gasteiger charge is 2.46. The van der Waals surface area contributed by atoms with Crippen molar-refractivity contribution in [3.63, 3.8) is 0 Å². The van der Waals surface area contributed by atoms with Crippen LogP contribution in [0.1, 0.15) is 61.3 Å². The lowest BCUT2D eigenvalue weighted by molar-refractivity contribution is -0.138. The van der Waals surface area contributed by atoms with Crippen molar-refractivity contribution in [2.75, 3.05) is 27.2 Å². The molecule has 120 valence electrons. The molecule has 0 aromatic heterocycles. The van der Waals surface area contributed by atoms with Gasteiger partial charge in [-0.3, -0.25) is 4.79 Å². The summed E-state index contributed by atoms with van der Waals surface area (Å²) in [6.45, 7) is 17.0. The van der Waals surface area contributed by atoms with Crippen LogP contribution < -0.4 is 5.32 Å². The van der Waals surface area contributed by atoms with Gasteiger partial charge in [0.25, 0.3) is 0 Å². The van der Waals surface area contributed by atoms with Gasteiger partial charge >= 0.3 is 0 Å². The topological polar surface area (TPSA) is 32.3 Å². The van der Waals surface area contributed by atoms with E-state index in [0.29, 0.717) is 0 Å². The van der Waals surface area contributed by atoms with Crippen LogP contribution in [-0.4, -0.2) is 38.0 Å². The van der Waals surface area contributed by atoms with E-state index < -0.39 is 0 Å². The Morgan fingerprint density at radius 1 is 1.00 bits per heavy atom. The SMILES string of the molecule is CN(C)CCCNC(=O)C(C)(CC(C)(C)C)C(C)(C)C. The number of nitrogens with zero attached hydrogens (tertiary/aromatic N) is 1. The molecule has 0 fully saturated rings. The van der Waals surface area contributed by atoms with E-state index in [2.05, 4.69) is 72.8 Å². The normalized spacial score (nSPS) is 16.1. The molecule has 0 heterocycles. The van der Waals surface area contributed by atoms with Crippen molar-refractivity contribution in [1.29, 1.82) is 0 Å². The summed E-state index contributed by atoms with van der Waals surface area (Å²) in [5.74, 6) is 0.193. The zero-order chi connectivity index (χ0) is 16.2. The lowest BCUT2D eigenvalue weighted by atomic mass is 9.61. The summed E-state index contributed by atoms with van der Waals surface area (Å²) < 4.78 is 0. The van der Waals surface area contributed by atoms with Gasteiger partial charge in [0.05, 0.1) is 5.41 Å². The number of hydrogen-bond acceptors (Lipinski definition) is 2. The maximum atomic E-state index is 12.7. The zero-order valence-electron chi connectivity index (χ0n) is 15.2. The highest BCUT2D eigenvalue weighted by molar-refractivity contribution is 5.83. The minimum atomic E-state index is -0.344. The molecule has 0 bridgehead atoms. The fourth-order valence-electron chi connectivity index (χ4n) is 2.54. The average molecular weight is 284 g/mol. The number of carbonyl (C=O) groups is 1. The van der Waals surface area contributed by atoms with E-state index in [9.17, 15) is 4.79 Å². The second-order valence-corrected chi connectivity index (χ2v) is 8.73. The molecule has 0 aromatic rings. The lowest BCUT2D eigenvalue weighted by Gasteiger charge is -2.44. The summed E-state index contributed by atoms with van der Waals surface area (Å²) in [4.78, 5) is 14.9. The standard InChI is InChI=1S/C17H36N2O/c1-15(2,3)13-17(7,16(4,5)6)14(20)18-11-10-12-19(8)9/h10-13H2,1-9H3,(H,18,20). The molecule has 0 rings (SSSR count). The summed E-state index contributed by atoms with van der Waals surface area (Å²) >= 11 is 0. The van der Waals surface area contributed by atoms with Gasteiger partial charge in [-0.2, -0.15) is 0 Å². The van der Waals surface area contributed by atoms with E-state index in [0.717, 1.165) is 25.9 Å². The predicted molar refractivity (Wildman–Crippen MR) is 87.8 cm³/mol. The Hall–Kier alpha value is -0.570. The Morgan fingerprint density at radius 3 is 1.85 bits per heavy atom. The molecule has 0 saturated carbocycles. The first-order valence-electron chi connectivity index (χ1n) is 7.73. The van der Waals surface area contributed by atoms with Crippen LogP contribution in [0.5, 0.6) is 0 Å². The highest BCUT2D eigenvalue weighted by Crippen LogP contribution is 2.46. The van der Waals surface area contributed by atoms with Crippen molar-refractivity contribution in [3.8, 4) is 0 Å². The predicted octanol–water partition coefficient (Wildman–Crippen LogP) is 3.54. The molecular formula is C17H36N2O. The van der Waals surface area contributed by atoms with Gasteiger partial charge < -0.3 is 10.2 Å². The van der Waals surface area contributed by atoms with Crippen molar-refractivity contribution in [3.05, 3.63) is 0 Å². The Bertz CT molecular complexity index is 310. The summed E-state index contributed by atoms with van der Waals surface area (Å²) in [6.07, 6.45) is 1.89. The van der Waals surface area contributed by atoms with Crippen LogP contribution >= 0.6 is 0 Å². The molecule has 0 aliphatic rings. The van der Waals surface area contributed by atoms with Crippen molar-refractivity contribution in [2.24, 2.45) is 16.2 Å². The molecule has 1 N–H and O–H groups in total. The van der Waals surface area contributed by atoms with Crippen LogP contribution in [0.4, 0.5) is 0 Å². The van der Waals surface area contributed by atoms with Crippen LogP contribution in [0.3, 0.4) is 0 Å². The molecule has 3 heteroatoms. The van der Waals surface area contributed by atoms with Crippen molar-refractivity contribution < 1.29 is 4.79 Å². The molecule has 0 spiro atoms. The van der Waals surface area contributed by atoms with Crippen molar-refractivity contribution >= 4 is 5.91 Å². The third kappa shape index (κ3) is 6.25. The summed E-state index contributed by atoms with van der Waals surface area (Å²) in [6, 6.07) is 0. The molecule has 0 saturated heterocycles. The summed E-state index contributed by atoms with van der Waals surface area (Å²) in [5.41, 5.74) is -0.252. The molecular weight excluding hydrogens is 248 g/mol.